The van der Waals surface area contributed by atoms with Crippen molar-refractivity contribution in [2.75, 3.05) is 29.5 Å². The van der Waals surface area contributed by atoms with Gasteiger partial charge in [-0.1, -0.05) is 41.9 Å². The molecule has 0 saturated carbocycles. The number of ether oxygens (including phenoxy) is 2. The molecule has 0 aliphatic heterocycles. The topological polar surface area (TPSA) is 102 Å². The van der Waals surface area contributed by atoms with Crippen LogP contribution in [-0.2, 0) is 26.2 Å². The van der Waals surface area contributed by atoms with Gasteiger partial charge in [0.25, 0.3) is 0 Å². The molecule has 34 heavy (non-hydrogen) atoms. The fourth-order valence-corrected chi connectivity index (χ4v) is 4.06. The molecule has 0 spiro atoms. The van der Waals surface area contributed by atoms with Gasteiger partial charge in [0.05, 0.1) is 35.3 Å². The maximum absolute atomic E-state index is 12.7. The summed E-state index contributed by atoms with van der Waals surface area (Å²) in [5.74, 6) is -0.685. The average Bonchev–Trinajstić information content (AvgIpc) is 2.82. The number of hydrogen-bond donors (Lipinski definition) is 1. The number of rotatable bonds is 9. The number of amides is 1. The molecule has 0 radical (unpaired) electrons. The highest BCUT2D eigenvalue weighted by atomic mass is 35.5. The summed E-state index contributed by atoms with van der Waals surface area (Å²) in [5.41, 5.74) is 1.64. The molecule has 3 aromatic rings. The number of carbonyl (C=O) groups excluding carboxylic acids is 2. The van der Waals surface area contributed by atoms with Crippen LogP contribution in [0.1, 0.15) is 15.9 Å². The molecule has 0 saturated heterocycles. The van der Waals surface area contributed by atoms with Gasteiger partial charge in [-0.2, -0.15) is 0 Å². The first-order valence-electron chi connectivity index (χ1n) is 10.1. The number of sulfonamides is 1. The summed E-state index contributed by atoms with van der Waals surface area (Å²) in [6, 6.07) is 20.2. The van der Waals surface area contributed by atoms with Crippen molar-refractivity contribution in [3.63, 3.8) is 0 Å². The van der Waals surface area contributed by atoms with Crippen LogP contribution in [0, 0.1) is 0 Å². The van der Waals surface area contributed by atoms with Crippen LogP contribution >= 0.6 is 11.6 Å². The van der Waals surface area contributed by atoms with E-state index in [1.807, 2.05) is 30.3 Å². The third kappa shape index (κ3) is 6.72. The summed E-state index contributed by atoms with van der Waals surface area (Å²) < 4.78 is 36.1. The maximum Gasteiger partial charge on any atom is 0.337 e. The lowest BCUT2D eigenvalue weighted by atomic mass is 10.2. The van der Waals surface area contributed by atoms with Crippen molar-refractivity contribution in [2.24, 2.45) is 0 Å². The largest absolute Gasteiger partial charge is 0.489 e. The quantitative estimate of drug-likeness (QED) is 0.442. The van der Waals surface area contributed by atoms with Crippen molar-refractivity contribution < 1.29 is 27.5 Å². The van der Waals surface area contributed by atoms with E-state index in [2.05, 4.69) is 10.1 Å². The Morgan fingerprint density at radius 1 is 1.00 bits per heavy atom. The molecule has 1 amide bonds. The number of anilines is 2. The molecule has 0 aromatic heterocycles. The van der Waals surface area contributed by atoms with E-state index in [9.17, 15) is 18.0 Å². The van der Waals surface area contributed by atoms with E-state index < -0.39 is 28.4 Å². The average molecular weight is 503 g/mol. The summed E-state index contributed by atoms with van der Waals surface area (Å²) in [5, 5.41) is 2.73. The smallest absolute Gasteiger partial charge is 0.337 e. The number of hydrogen-bond acceptors (Lipinski definition) is 6. The van der Waals surface area contributed by atoms with Gasteiger partial charge >= 0.3 is 5.97 Å². The Hall–Kier alpha value is -3.56. The van der Waals surface area contributed by atoms with Crippen molar-refractivity contribution >= 4 is 44.9 Å². The third-order valence-corrected chi connectivity index (χ3v) is 6.19. The van der Waals surface area contributed by atoms with Crippen LogP contribution in [0.4, 0.5) is 11.4 Å². The molecule has 3 rings (SSSR count). The zero-order valence-corrected chi connectivity index (χ0v) is 20.1. The molecule has 0 aliphatic carbocycles. The van der Waals surface area contributed by atoms with Gasteiger partial charge in [-0.25, -0.2) is 13.2 Å². The van der Waals surface area contributed by atoms with Gasteiger partial charge in [-0.15, -0.1) is 0 Å². The summed E-state index contributed by atoms with van der Waals surface area (Å²) >= 11 is 6.11. The van der Waals surface area contributed by atoms with Crippen molar-refractivity contribution in [2.45, 2.75) is 6.61 Å². The van der Waals surface area contributed by atoms with Crippen LogP contribution in [0.2, 0.25) is 5.02 Å². The highest BCUT2D eigenvalue weighted by molar-refractivity contribution is 7.92. The van der Waals surface area contributed by atoms with Gasteiger partial charge in [0.15, 0.2) is 0 Å². The van der Waals surface area contributed by atoms with Crippen LogP contribution in [-0.4, -0.2) is 40.2 Å². The highest BCUT2D eigenvalue weighted by Gasteiger charge is 2.22. The normalized spacial score (nSPS) is 10.9. The summed E-state index contributed by atoms with van der Waals surface area (Å²) in [4.78, 5) is 24.4. The molecule has 0 unspecified atom stereocenters. The summed E-state index contributed by atoms with van der Waals surface area (Å²) in [6.07, 6.45) is 1.00. The minimum atomic E-state index is -3.78. The number of nitrogens with zero attached hydrogens (tertiary/aromatic N) is 1. The Balaban J connectivity index is 1.72. The minimum absolute atomic E-state index is 0.160. The lowest BCUT2D eigenvalue weighted by Crippen LogP contribution is -2.37. The van der Waals surface area contributed by atoms with E-state index in [1.54, 1.807) is 24.3 Å². The Morgan fingerprint density at radius 2 is 1.68 bits per heavy atom. The molecule has 10 heteroatoms. The Bertz CT molecular complexity index is 1260. The SMILES string of the molecule is COC(=O)c1ccc(Cl)c(NC(=O)CN(c2ccc(OCc3ccccc3)cc2)S(C)(=O)=O)c1. The predicted molar refractivity (Wildman–Crippen MR) is 131 cm³/mol. The Labute approximate surface area is 203 Å². The second-order valence-electron chi connectivity index (χ2n) is 7.27. The van der Waals surface area contributed by atoms with E-state index in [4.69, 9.17) is 16.3 Å². The maximum atomic E-state index is 12.7. The lowest BCUT2D eigenvalue weighted by Gasteiger charge is -2.22. The Kier molecular flexibility index (Phi) is 8.14. The molecule has 1 N–H and O–H groups in total. The van der Waals surface area contributed by atoms with Gasteiger partial charge in [-0.3, -0.25) is 9.10 Å². The first kappa shape index (κ1) is 25.1. The first-order valence-corrected chi connectivity index (χ1v) is 12.3. The van der Waals surface area contributed by atoms with Gasteiger partial charge in [0.1, 0.15) is 18.9 Å². The van der Waals surface area contributed by atoms with E-state index >= 15 is 0 Å². The van der Waals surface area contributed by atoms with Crippen molar-refractivity contribution in [1.29, 1.82) is 0 Å². The number of benzene rings is 3. The van der Waals surface area contributed by atoms with Crippen molar-refractivity contribution in [3.05, 3.63) is 88.9 Å². The van der Waals surface area contributed by atoms with Crippen molar-refractivity contribution in [1.82, 2.24) is 0 Å². The van der Waals surface area contributed by atoms with Crippen LogP contribution in [0.15, 0.2) is 72.8 Å². The van der Waals surface area contributed by atoms with Crippen LogP contribution < -0.4 is 14.4 Å². The molecule has 0 heterocycles. The highest BCUT2D eigenvalue weighted by Crippen LogP contribution is 2.25. The van der Waals surface area contributed by atoms with E-state index in [0.29, 0.717) is 18.0 Å². The third-order valence-electron chi connectivity index (χ3n) is 4.72. The number of nitrogens with one attached hydrogen (secondary N) is 1. The minimum Gasteiger partial charge on any atom is -0.489 e. The lowest BCUT2D eigenvalue weighted by molar-refractivity contribution is -0.114. The second-order valence-corrected chi connectivity index (χ2v) is 9.59. The molecule has 0 bridgehead atoms. The van der Waals surface area contributed by atoms with Gasteiger partial charge in [-0.05, 0) is 48.0 Å². The number of esters is 1. The fraction of sp³-hybridized carbons (Fsp3) is 0.167. The van der Waals surface area contributed by atoms with E-state index in [0.717, 1.165) is 16.1 Å². The zero-order chi connectivity index (χ0) is 24.7. The number of halogens is 1. The summed E-state index contributed by atoms with van der Waals surface area (Å²) in [7, 11) is -2.55. The van der Waals surface area contributed by atoms with E-state index in [1.165, 1.54) is 25.3 Å². The van der Waals surface area contributed by atoms with Gasteiger partial charge in [0, 0.05) is 0 Å². The first-order chi connectivity index (χ1) is 16.2. The standard InChI is InChI=1S/C24H23ClN2O6S/c1-32-24(29)18-8-13-21(25)22(14-18)26-23(28)15-27(34(2,30)31)19-9-11-20(12-10-19)33-16-17-6-4-3-5-7-17/h3-14H,15-16H2,1-2H3,(H,26,28). The molecule has 0 aliphatic rings. The zero-order valence-electron chi connectivity index (χ0n) is 18.5. The molecule has 3 aromatic carbocycles. The van der Waals surface area contributed by atoms with Gasteiger partial charge in [0.2, 0.25) is 15.9 Å². The molecule has 0 fully saturated rings. The monoisotopic (exact) mass is 502 g/mol. The van der Waals surface area contributed by atoms with Crippen LogP contribution in [0.25, 0.3) is 0 Å². The summed E-state index contributed by atoms with van der Waals surface area (Å²) in [6.45, 7) is -0.133. The van der Waals surface area contributed by atoms with Gasteiger partial charge < -0.3 is 14.8 Å². The van der Waals surface area contributed by atoms with Crippen LogP contribution in [0.3, 0.4) is 0 Å². The number of methoxy groups -OCH3 is 1. The van der Waals surface area contributed by atoms with Crippen LogP contribution in [0.5, 0.6) is 5.75 Å². The molecule has 8 nitrogen and oxygen atoms in total. The number of carbonyl (C=O) groups is 2. The van der Waals surface area contributed by atoms with E-state index in [-0.39, 0.29) is 16.3 Å². The van der Waals surface area contributed by atoms with Crippen molar-refractivity contribution in [3.8, 4) is 5.75 Å². The molecule has 178 valence electrons. The second kappa shape index (κ2) is 11.0. The molecule has 0 atom stereocenters. The fourth-order valence-electron chi connectivity index (χ4n) is 3.04. The Morgan fingerprint density at radius 3 is 2.29 bits per heavy atom. The molecular formula is C24H23ClN2O6S. The molecular weight excluding hydrogens is 480 g/mol. The predicted octanol–water partition coefficient (Wildman–Crippen LogP) is 4.11.